The standard InChI is InChI=1S/C11H15N3O3S/c1-9(2)18(15,16)11-5-3-10(4-6-11)17-8-7-13-14-12/h3-6,9H,7-8H2,1-2H3. The SMILES string of the molecule is CC(C)S(=O)(=O)c1ccc(OCCN=[N+]=[N-])cc1. The molecule has 7 heteroatoms. The summed E-state index contributed by atoms with van der Waals surface area (Å²) >= 11 is 0. The van der Waals surface area contributed by atoms with Crippen molar-refractivity contribution >= 4 is 9.84 Å². The molecule has 6 nitrogen and oxygen atoms in total. The Morgan fingerprint density at radius 3 is 2.44 bits per heavy atom. The van der Waals surface area contributed by atoms with E-state index in [2.05, 4.69) is 10.0 Å². The largest absolute Gasteiger partial charge is 0.493 e. The maximum atomic E-state index is 11.8. The van der Waals surface area contributed by atoms with Crippen molar-refractivity contribution < 1.29 is 13.2 Å². The van der Waals surface area contributed by atoms with Gasteiger partial charge >= 0.3 is 0 Å². The van der Waals surface area contributed by atoms with E-state index in [1.807, 2.05) is 0 Å². The third-order valence-electron chi connectivity index (χ3n) is 2.30. The summed E-state index contributed by atoms with van der Waals surface area (Å²) < 4.78 is 29.0. The highest BCUT2D eigenvalue weighted by atomic mass is 32.2. The van der Waals surface area contributed by atoms with Gasteiger partial charge in [-0.2, -0.15) is 0 Å². The lowest BCUT2D eigenvalue weighted by molar-refractivity contribution is 0.328. The highest BCUT2D eigenvalue weighted by Gasteiger charge is 2.18. The molecule has 0 unspecified atom stereocenters. The molecule has 0 bridgehead atoms. The minimum absolute atomic E-state index is 0.239. The van der Waals surface area contributed by atoms with Crippen LogP contribution in [0.4, 0.5) is 0 Å². The number of azide groups is 1. The van der Waals surface area contributed by atoms with Crippen LogP contribution in [0.1, 0.15) is 13.8 Å². The summed E-state index contributed by atoms with van der Waals surface area (Å²) in [7, 11) is -3.24. The average molecular weight is 269 g/mol. The highest BCUT2D eigenvalue weighted by Crippen LogP contribution is 2.19. The van der Waals surface area contributed by atoms with Crippen molar-refractivity contribution in [1.29, 1.82) is 0 Å². The predicted octanol–water partition coefficient (Wildman–Crippen LogP) is 2.56. The van der Waals surface area contributed by atoms with E-state index < -0.39 is 15.1 Å². The number of rotatable bonds is 6. The monoisotopic (exact) mass is 269 g/mol. The van der Waals surface area contributed by atoms with E-state index in [0.29, 0.717) is 5.75 Å². The normalized spacial score (nSPS) is 11.1. The Labute approximate surface area is 106 Å². The van der Waals surface area contributed by atoms with Crippen LogP contribution in [0.25, 0.3) is 10.4 Å². The molecule has 0 aromatic heterocycles. The van der Waals surface area contributed by atoms with Crippen LogP contribution >= 0.6 is 0 Å². The Morgan fingerprint density at radius 2 is 1.94 bits per heavy atom. The molecule has 0 fully saturated rings. The molecule has 0 atom stereocenters. The van der Waals surface area contributed by atoms with Crippen LogP contribution in [0, 0.1) is 0 Å². The lowest BCUT2D eigenvalue weighted by Crippen LogP contribution is -2.13. The lowest BCUT2D eigenvalue weighted by atomic mass is 10.3. The molecule has 1 rings (SSSR count). The fourth-order valence-electron chi connectivity index (χ4n) is 1.25. The molecule has 0 heterocycles. The van der Waals surface area contributed by atoms with Gasteiger partial charge < -0.3 is 4.74 Å². The van der Waals surface area contributed by atoms with Crippen LogP contribution in [0.3, 0.4) is 0 Å². The molecule has 0 amide bonds. The summed E-state index contributed by atoms with van der Waals surface area (Å²) in [6, 6.07) is 6.20. The first-order valence-corrected chi connectivity index (χ1v) is 7.00. The van der Waals surface area contributed by atoms with Gasteiger partial charge in [0.2, 0.25) is 0 Å². The predicted molar refractivity (Wildman–Crippen MR) is 68.3 cm³/mol. The molecular formula is C11H15N3O3S. The quantitative estimate of drug-likeness (QED) is 0.344. The van der Waals surface area contributed by atoms with Crippen molar-refractivity contribution in [3.63, 3.8) is 0 Å². The summed E-state index contributed by atoms with van der Waals surface area (Å²) in [5, 5.41) is 2.88. The molecule has 0 aliphatic rings. The van der Waals surface area contributed by atoms with Crippen molar-refractivity contribution in [2.45, 2.75) is 24.0 Å². The van der Waals surface area contributed by atoms with Gasteiger partial charge in [0, 0.05) is 4.91 Å². The molecule has 1 aromatic rings. The Hall–Kier alpha value is -1.72. The van der Waals surface area contributed by atoms with E-state index in [9.17, 15) is 8.42 Å². The van der Waals surface area contributed by atoms with Crippen LogP contribution in [0.15, 0.2) is 34.3 Å². The molecule has 1 aromatic carbocycles. The summed E-state index contributed by atoms with van der Waals surface area (Å²) in [6.07, 6.45) is 0. The van der Waals surface area contributed by atoms with Gasteiger partial charge in [-0.3, -0.25) is 0 Å². The number of sulfone groups is 1. The summed E-state index contributed by atoms with van der Waals surface area (Å²) in [6.45, 7) is 3.78. The number of ether oxygens (including phenoxy) is 1. The first-order chi connectivity index (χ1) is 8.48. The Bertz CT molecular complexity index is 531. The molecule has 0 saturated heterocycles. The van der Waals surface area contributed by atoms with Crippen molar-refractivity contribution in [2.75, 3.05) is 13.2 Å². The van der Waals surface area contributed by atoms with Crippen LogP contribution < -0.4 is 4.74 Å². The van der Waals surface area contributed by atoms with Gasteiger partial charge in [0.25, 0.3) is 0 Å². The van der Waals surface area contributed by atoms with Gasteiger partial charge in [-0.25, -0.2) is 8.42 Å². The fourth-order valence-corrected chi connectivity index (χ4v) is 2.31. The number of hydrogen-bond acceptors (Lipinski definition) is 4. The first kappa shape index (κ1) is 14.3. The first-order valence-electron chi connectivity index (χ1n) is 5.46. The molecule has 0 aliphatic heterocycles. The van der Waals surface area contributed by atoms with Crippen molar-refractivity contribution in [3.05, 3.63) is 34.7 Å². The zero-order valence-electron chi connectivity index (χ0n) is 10.3. The Morgan fingerprint density at radius 1 is 1.33 bits per heavy atom. The minimum Gasteiger partial charge on any atom is -0.493 e. The second-order valence-corrected chi connectivity index (χ2v) is 6.37. The molecule has 0 aliphatic carbocycles. The van der Waals surface area contributed by atoms with Crippen LogP contribution in [-0.2, 0) is 9.84 Å². The molecule has 0 saturated carbocycles. The lowest BCUT2D eigenvalue weighted by Gasteiger charge is -2.09. The van der Waals surface area contributed by atoms with Gasteiger partial charge in [0.05, 0.1) is 23.3 Å². The minimum atomic E-state index is -3.24. The summed E-state index contributed by atoms with van der Waals surface area (Å²) in [5.41, 5.74) is 8.08. The second-order valence-electron chi connectivity index (χ2n) is 3.87. The van der Waals surface area contributed by atoms with E-state index in [-0.39, 0.29) is 18.0 Å². The van der Waals surface area contributed by atoms with Crippen molar-refractivity contribution in [3.8, 4) is 5.75 Å². The third-order valence-corrected chi connectivity index (χ3v) is 4.47. The molecular weight excluding hydrogens is 254 g/mol. The van der Waals surface area contributed by atoms with Crippen LogP contribution in [0.5, 0.6) is 5.75 Å². The average Bonchev–Trinajstić information content (AvgIpc) is 2.35. The highest BCUT2D eigenvalue weighted by molar-refractivity contribution is 7.92. The van der Waals surface area contributed by atoms with E-state index >= 15 is 0 Å². The number of hydrogen-bond donors (Lipinski definition) is 0. The van der Waals surface area contributed by atoms with E-state index in [1.54, 1.807) is 26.0 Å². The topological polar surface area (TPSA) is 92.1 Å². The molecule has 98 valence electrons. The van der Waals surface area contributed by atoms with Crippen LogP contribution in [-0.4, -0.2) is 26.8 Å². The number of nitrogens with zero attached hydrogens (tertiary/aromatic N) is 3. The zero-order chi connectivity index (χ0) is 13.6. The van der Waals surface area contributed by atoms with Gasteiger partial charge in [-0.1, -0.05) is 5.11 Å². The Kier molecular flexibility index (Phi) is 5.00. The molecule has 0 N–H and O–H groups in total. The van der Waals surface area contributed by atoms with Gasteiger partial charge in [0.15, 0.2) is 9.84 Å². The van der Waals surface area contributed by atoms with Gasteiger partial charge in [-0.15, -0.1) is 0 Å². The molecule has 0 radical (unpaired) electrons. The molecule has 0 spiro atoms. The zero-order valence-corrected chi connectivity index (χ0v) is 11.1. The number of benzene rings is 1. The van der Waals surface area contributed by atoms with Crippen molar-refractivity contribution in [2.24, 2.45) is 5.11 Å². The van der Waals surface area contributed by atoms with Gasteiger partial charge in [0.1, 0.15) is 5.75 Å². The smallest absolute Gasteiger partial charge is 0.180 e. The fraction of sp³-hybridized carbons (Fsp3) is 0.455. The van der Waals surface area contributed by atoms with Gasteiger partial charge in [-0.05, 0) is 43.6 Å². The summed E-state index contributed by atoms with van der Waals surface area (Å²) in [5.74, 6) is 0.547. The van der Waals surface area contributed by atoms with Crippen LogP contribution in [0.2, 0.25) is 0 Å². The Balaban J connectivity index is 2.72. The van der Waals surface area contributed by atoms with E-state index in [4.69, 9.17) is 10.3 Å². The maximum absolute atomic E-state index is 11.8. The van der Waals surface area contributed by atoms with E-state index in [1.165, 1.54) is 12.1 Å². The summed E-state index contributed by atoms with van der Waals surface area (Å²) in [4.78, 5) is 2.88. The molecule has 18 heavy (non-hydrogen) atoms. The van der Waals surface area contributed by atoms with Crippen molar-refractivity contribution in [1.82, 2.24) is 0 Å². The third kappa shape index (κ3) is 3.65. The van der Waals surface area contributed by atoms with E-state index in [0.717, 1.165) is 0 Å². The second kappa shape index (κ2) is 6.28. The maximum Gasteiger partial charge on any atom is 0.180 e.